The molecule has 1 aromatic rings. The standard InChI is InChI=1S/C6H10NO4PS/c1-5-6(7-4-13-5)2-3-11-12(8,9)10/h4H,2-3H2,1H3,(H2,8,9,10). The number of aromatic nitrogens is 1. The van der Waals surface area contributed by atoms with Gasteiger partial charge in [0.25, 0.3) is 0 Å². The van der Waals surface area contributed by atoms with Crippen LogP contribution in [0.2, 0.25) is 0 Å². The smallest absolute Gasteiger partial charge is 0.303 e. The summed E-state index contributed by atoms with van der Waals surface area (Å²) in [4.78, 5) is 21.8. The molecule has 0 radical (unpaired) electrons. The van der Waals surface area contributed by atoms with Crippen LogP contribution in [0, 0.1) is 6.92 Å². The minimum Gasteiger partial charge on any atom is -0.303 e. The van der Waals surface area contributed by atoms with E-state index in [4.69, 9.17) is 9.79 Å². The molecule has 0 aromatic carbocycles. The van der Waals surface area contributed by atoms with E-state index in [1.165, 1.54) is 11.3 Å². The third-order valence-electron chi connectivity index (χ3n) is 1.44. The third-order valence-corrected chi connectivity index (χ3v) is 2.76. The average molecular weight is 223 g/mol. The first-order valence-electron chi connectivity index (χ1n) is 3.58. The van der Waals surface area contributed by atoms with Crippen molar-refractivity contribution in [3.63, 3.8) is 0 Å². The van der Waals surface area contributed by atoms with Crippen LogP contribution in [0.4, 0.5) is 0 Å². The molecular formula is C6H10NO4PS. The zero-order valence-corrected chi connectivity index (χ0v) is 8.72. The van der Waals surface area contributed by atoms with Crippen LogP contribution in [0.3, 0.4) is 0 Å². The highest BCUT2D eigenvalue weighted by atomic mass is 32.1. The molecule has 0 aliphatic heterocycles. The Morgan fingerprint density at radius 2 is 2.38 bits per heavy atom. The van der Waals surface area contributed by atoms with Gasteiger partial charge in [0.15, 0.2) is 0 Å². The monoisotopic (exact) mass is 223 g/mol. The van der Waals surface area contributed by atoms with E-state index in [-0.39, 0.29) is 6.61 Å². The molecular weight excluding hydrogens is 213 g/mol. The van der Waals surface area contributed by atoms with Crippen molar-refractivity contribution >= 4 is 19.2 Å². The lowest BCUT2D eigenvalue weighted by atomic mass is 10.3. The molecule has 2 N–H and O–H groups in total. The molecule has 1 aromatic heterocycles. The van der Waals surface area contributed by atoms with E-state index in [1.54, 1.807) is 5.51 Å². The normalized spacial score (nSPS) is 11.9. The van der Waals surface area contributed by atoms with Gasteiger partial charge in [0.2, 0.25) is 0 Å². The lowest BCUT2D eigenvalue weighted by Crippen LogP contribution is -1.98. The van der Waals surface area contributed by atoms with Crippen LogP contribution in [0.15, 0.2) is 5.51 Å². The Labute approximate surface area is 79.6 Å². The van der Waals surface area contributed by atoms with Crippen molar-refractivity contribution in [3.05, 3.63) is 16.1 Å². The van der Waals surface area contributed by atoms with Gasteiger partial charge in [-0.3, -0.25) is 4.52 Å². The number of hydrogen-bond donors (Lipinski definition) is 2. The molecule has 0 aliphatic carbocycles. The fourth-order valence-corrected chi connectivity index (χ4v) is 1.79. The SMILES string of the molecule is Cc1scnc1CCOP(=O)(O)O. The molecule has 1 heterocycles. The topological polar surface area (TPSA) is 79.7 Å². The number of rotatable bonds is 4. The van der Waals surface area contributed by atoms with E-state index in [1.807, 2.05) is 6.92 Å². The molecule has 1 rings (SSSR count). The lowest BCUT2D eigenvalue weighted by Gasteiger charge is -2.03. The number of thiazole rings is 1. The Morgan fingerprint density at radius 1 is 1.69 bits per heavy atom. The molecule has 0 amide bonds. The largest absolute Gasteiger partial charge is 0.469 e. The molecule has 0 aliphatic rings. The van der Waals surface area contributed by atoms with Gasteiger partial charge in [0.05, 0.1) is 17.8 Å². The van der Waals surface area contributed by atoms with Crippen molar-refractivity contribution < 1.29 is 18.9 Å². The molecule has 0 fully saturated rings. The number of hydrogen-bond acceptors (Lipinski definition) is 4. The number of phosphoric acid groups is 1. The molecule has 0 bridgehead atoms. The summed E-state index contributed by atoms with van der Waals surface area (Å²) in [7, 11) is -4.32. The van der Waals surface area contributed by atoms with Crippen molar-refractivity contribution in [1.82, 2.24) is 4.98 Å². The van der Waals surface area contributed by atoms with E-state index in [9.17, 15) is 4.57 Å². The Hall–Kier alpha value is -0.260. The number of nitrogens with zero attached hydrogens (tertiary/aromatic N) is 1. The molecule has 0 spiro atoms. The zero-order valence-electron chi connectivity index (χ0n) is 7.01. The minimum atomic E-state index is -4.32. The molecule has 0 atom stereocenters. The highest BCUT2D eigenvalue weighted by Crippen LogP contribution is 2.35. The van der Waals surface area contributed by atoms with E-state index in [0.717, 1.165) is 10.6 Å². The first kappa shape index (κ1) is 10.8. The summed E-state index contributed by atoms with van der Waals surface area (Å²) in [5.41, 5.74) is 2.53. The fourth-order valence-electron chi connectivity index (χ4n) is 0.830. The maximum absolute atomic E-state index is 10.3. The Morgan fingerprint density at radius 3 is 2.85 bits per heavy atom. The van der Waals surface area contributed by atoms with Crippen LogP contribution < -0.4 is 0 Å². The Bertz CT molecular complexity index is 320. The summed E-state index contributed by atoms with van der Waals surface area (Å²) in [5.74, 6) is 0. The van der Waals surface area contributed by atoms with Crippen molar-refractivity contribution in [2.45, 2.75) is 13.3 Å². The van der Waals surface area contributed by atoms with Crippen LogP contribution in [0.1, 0.15) is 10.6 Å². The molecule has 0 unspecified atom stereocenters. The van der Waals surface area contributed by atoms with E-state index in [0.29, 0.717) is 6.42 Å². The van der Waals surface area contributed by atoms with Crippen molar-refractivity contribution in [1.29, 1.82) is 0 Å². The van der Waals surface area contributed by atoms with E-state index < -0.39 is 7.82 Å². The maximum atomic E-state index is 10.3. The molecule has 5 nitrogen and oxygen atoms in total. The second-order valence-corrected chi connectivity index (χ2v) is 4.73. The van der Waals surface area contributed by atoms with Crippen LogP contribution in [-0.2, 0) is 15.5 Å². The highest BCUT2D eigenvalue weighted by Gasteiger charge is 2.13. The molecule has 0 saturated heterocycles. The van der Waals surface area contributed by atoms with Gasteiger partial charge in [-0.25, -0.2) is 9.55 Å². The van der Waals surface area contributed by atoms with Crippen molar-refractivity contribution in [3.8, 4) is 0 Å². The van der Waals surface area contributed by atoms with Gasteiger partial charge in [0, 0.05) is 11.3 Å². The molecule has 13 heavy (non-hydrogen) atoms. The van der Waals surface area contributed by atoms with Gasteiger partial charge in [-0.1, -0.05) is 0 Å². The maximum Gasteiger partial charge on any atom is 0.469 e. The fraction of sp³-hybridized carbons (Fsp3) is 0.500. The van der Waals surface area contributed by atoms with Gasteiger partial charge in [-0.15, -0.1) is 11.3 Å². The molecule has 0 saturated carbocycles. The van der Waals surface area contributed by atoms with E-state index in [2.05, 4.69) is 9.51 Å². The summed E-state index contributed by atoms with van der Waals surface area (Å²) >= 11 is 1.50. The summed E-state index contributed by atoms with van der Waals surface area (Å²) in [6, 6.07) is 0. The highest BCUT2D eigenvalue weighted by molar-refractivity contribution is 7.46. The van der Waals surface area contributed by atoms with E-state index >= 15 is 0 Å². The Kier molecular flexibility index (Phi) is 3.58. The van der Waals surface area contributed by atoms with Crippen molar-refractivity contribution in [2.24, 2.45) is 0 Å². The van der Waals surface area contributed by atoms with Gasteiger partial charge in [0.1, 0.15) is 0 Å². The predicted octanol–water partition coefficient (Wildman–Crippen LogP) is 1.10. The first-order chi connectivity index (χ1) is 5.99. The molecule has 7 heteroatoms. The average Bonchev–Trinajstić information content (AvgIpc) is 2.34. The zero-order chi connectivity index (χ0) is 9.90. The van der Waals surface area contributed by atoms with Crippen LogP contribution in [-0.4, -0.2) is 21.4 Å². The molecule has 74 valence electrons. The quantitative estimate of drug-likeness (QED) is 0.747. The van der Waals surface area contributed by atoms with Gasteiger partial charge >= 0.3 is 7.82 Å². The van der Waals surface area contributed by atoms with Crippen LogP contribution in [0.25, 0.3) is 0 Å². The predicted molar refractivity (Wildman–Crippen MR) is 48.6 cm³/mol. The second kappa shape index (κ2) is 4.30. The first-order valence-corrected chi connectivity index (χ1v) is 5.99. The summed E-state index contributed by atoms with van der Waals surface area (Å²) < 4.78 is 14.6. The van der Waals surface area contributed by atoms with Gasteiger partial charge in [-0.05, 0) is 6.92 Å². The minimum absolute atomic E-state index is 0.00511. The summed E-state index contributed by atoms with van der Waals surface area (Å²) in [5, 5.41) is 0. The number of aryl methyl sites for hydroxylation is 1. The van der Waals surface area contributed by atoms with Crippen LogP contribution in [0.5, 0.6) is 0 Å². The van der Waals surface area contributed by atoms with Crippen molar-refractivity contribution in [2.75, 3.05) is 6.61 Å². The van der Waals surface area contributed by atoms with Crippen LogP contribution >= 0.6 is 19.2 Å². The third kappa shape index (κ3) is 3.97. The van der Waals surface area contributed by atoms with Gasteiger partial charge < -0.3 is 9.79 Å². The Balaban J connectivity index is 2.36. The summed E-state index contributed by atoms with van der Waals surface area (Å²) in [6.45, 7) is 1.90. The second-order valence-electron chi connectivity index (χ2n) is 2.43. The lowest BCUT2D eigenvalue weighted by molar-refractivity contribution is 0.199. The summed E-state index contributed by atoms with van der Waals surface area (Å²) in [6.07, 6.45) is 0.431. The number of phosphoric ester groups is 1. The van der Waals surface area contributed by atoms with Gasteiger partial charge in [-0.2, -0.15) is 0 Å².